The van der Waals surface area contributed by atoms with E-state index in [0.29, 0.717) is 22.5 Å². The van der Waals surface area contributed by atoms with Gasteiger partial charge < -0.3 is 15.0 Å². The minimum atomic E-state index is -0.298. The maximum absolute atomic E-state index is 11.9. The van der Waals surface area contributed by atoms with Crippen LogP contribution in [0.4, 0.5) is 5.95 Å². The van der Waals surface area contributed by atoms with Crippen molar-refractivity contribution in [2.75, 3.05) is 18.3 Å². The van der Waals surface area contributed by atoms with Crippen LogP contribution < -0.4 is 11.3 Å². The Labute approximate surface area is 124 Å². The molecule has 9 heteroatoms. The van der Waals surface area contributed by atoms with Crippen LogP contribution in [-0.2, 0) is 11.8 Å². The lowest BCUT2D eigenvalue weighted by Gasteiger charge is -1.96. The molecule has 2 aromatic rings. The molecular weight excluding hydrogens is 295 g/mol. The molecule has 2 radical (unpaired) electrons. The van der Waals surface area contributed by atoms with Gasteiger partial charge in [0, 0.05) is 13.2 Å². The zero-order valence-corrected chi connectivity index (χ0v) is 12.3. The van der Waals surface area contributed by atoms with Crippen LogP contribution in [0.2, 0.25) is 0 Å². The molecule has 0 bridgehead atoms. The smallest absolute Gasteiger partial charge is 0.263 e. The summed E-state index contributed by atoms with van der Waals surface area (Å²) in [6, 6.07) is 0. The summed E-state index contributed by atoms with van der Waals surface area (Å²) in [5.41, 5.74) is 6.33. The average molecular weight is 306 g/mol. The summed E-state index contributed by atoms with van der Waals surface area (Å²) in [4.78, 5) is 18.5. The maximum atomic E-state index is 11.9. The fourth-order valence-electron chi connectivity index (χ4n) is 1.68. The van der Waals surface area contributed by atoms with Crippen molar-refractivity contribution in [1.82, 2.24) is 14.5 Å². The molecule has 102 valence electrons. The van der Waals surface area contributed by atoms with Crippen molar-refractivity contribution in [2.45, 2.75) is 0 Å². The van der Waals surface area contributed by atoms with Crippen LogP contribution in [0.25, 0.3) is 11.0 Å². The van der Waals surface area contributed by atoms with Crippen molar-refractivity contribution in [3.63, 3.8) is 0 Å². The quantitative estimate of drug-likeness (QED) is 0.283. The molecule has 0 amide bonds. The van der Waals surface area contributed by atoms with Crippen molar-refractivity contribution < 1.29 is 4.74 Å². The molecular formula is C11H11BN4O2S2. The number of aromatic amines is 1. The lowest BCUT2D eigenvalue weighted by atomic mass is 10.2. The molecule has 0 spiro atoms. The molecule has 0 fully saturated rings. The number of aromatic nitrogens is 3. The molecule has 2 rings (SSSR count). The molecule has 2 heterocycles. The molecule has 0 saturated heterocycles. The molecule has 3 N–H and O–H groups in total. The van der Waals surface area contributed by atoms with Gasteiger partial charge in [-0.15, -0.1) is 0 Å². The number of hydrogen-bond donors (Lipinski definition) is 2. The number of anilines is 1. The molecule has 2 aromatic heterocycles. The first kappa shape index (κ1) is 14.9. The Morgan fingerprint density at radius 2 is 2.45 bits per heavy atom. The van der Waals surface area contributed by atoms with Crippen LogP contribution in [0.5, 0.6) is 0 Å². The third kappa shape index (κ3) is 3.33. The monoisotopic (exact) mass is 306 g/mol. The Hall–Kier alpha value is -1.50. The van der Waals surface area contributed by atoms with E-state index in [1.165, 1.54) is 10.8 Å². The van der Waals surface area contributed by atoms with Crippen molar-refractivity contribution in [1.29, 1.82) is 0 Å². The van der Waals surface area contributed by atoms with E-state index in [1.807, 2.05) is 0 Å². The fourth-order valence-corrected chi connectivity index (χ4v) is 2.25. The SMILES string of the molecule is [B]SSCOCC#Cc1cn(C)c2nc(N)[nH]c(=O)c12. The highest BCUT2D eigenvalue weighted by atomic mass is 33.1. The molecule has 0 saturated carbocycles. The van der Waals surface area contributed by atoms with Crippen LogP contribution >= 0.6 is 21.4 Å². The van der Waals surface area contributed by atoms with E-state index >= 15 is 0 Å². The molecule has 20 heavy (non-hydrogen) atoms. The van der Waals surface area contributed by atoms with Crippen LogP contribution in [-0.4, -0.2) is 34.2 Å². The number of fused-ring (bicyclic) bond motifs is 1. The van der Waals surface area contributed by atoms with Crippen LogP contribution in [0, 0.1) is 11.8 Å². The van der Waals surface area contributed by atoms with Crippen LogP contribution in [0.1, 0.15) is 5.56 Å². The van der Waals surface area contributed by atoms with Crippen molar-refractivity contribution >= 4 is 45.5 Å². The first-order valence-electron chi connectivity index (χ1n) is 5.53. The number of rotatable bonds is 4. The van der Waals surface area contributed by atoms with E-state index in [9.17, 15) is 4.79 Å². The van der Waals surface area contributed by atoms with E-state index in [4.69, 9.17) is 17.6 Å². The van der Waals surface area contributed by atoms with Gasteiger partial charge in [0.2, 0.25) is 5.95 Å². The van der Waals surface area contributed by atoms with E-state index in [-0.39, 0.29) is 18.1 Å². The van der Waals surface area contributed by atoms with Gasteiger partial charge >= 0.3 is 0 Å². The van der Waals surface area contributed by atoms with E-state index in [1.54, 1.807) is 17.8 Å². The second-order valence-electron chi connectivity index (χ2n) is 3.79. The number of nitrogen functional groups attached to an aromatic ring is 1. The highest BCUT2D eigenvalue weighted by molar-refractivity contribution is 8.84. The maximum Gasteiger partial charge on any atom is 0.263 e. The number of nitrogens with zero attached hydrogens (tertiary/aromatic N) is 2. The lowest BCUT2D eigenvalue weighted by Crippen LogP contribution is -2.11. The number of ether oxygens (including phenoxy) is 1. The van der Waals surface area contributed by atoms with Gasteiger partial charge in [0.05, 0.1) is 10.9 Å². The van der Waals surface area contributed by atoms with Gasteiger partial charge in [0.15, 0.2) is 12.8 Å². The Balaban J connectivity index is 2.23. The molecule has 0 atom stereocenters. The third-order valence-corrected chi connectivity index (χ3v) is 3.54. The summed E-state index contributed by atoms with van der Waals surface area (Å²) >= 11 is 0. The molecule has 6 nitrogen and oxygen atoms in total. The third-order valence-electron chi connectivity index (χ3n) is 2.44. The predicted molar refractivity (Wildman–Crippen MR) is 84.4 cm³/mol. The van der Waals surface area contributed by atoms with Gasteiger partial charge in [0.25, 0.3) is 5.56 Å². The van der Waals surface area contributed by atoms with E-state index in [2.05, 4.69) is 21.8 Å². The van der Waals surface area contributed by atoms with Gasteiger partial charge in [0.1, 0.15) is 12.5 Å². The minimum Gasteiger partial charge on any atom is -0.369 e. The zero-order valence-electron chi connectivity index (χ0n) is 10.7. The van der Waals surface area contributed by atoms with E-state index in [0.717, 1.165) is 10.6 Å². The fraction of sp³-hybridized carbons (Fsp3) is 0.273. The summed E-state index contributed by atoms with van der Waals surface area (Å²) in [6.45, 7) is 0.268. The molecule has 0 aromatic carbocycles. The number of nitrogens with two attached hydrogens (primary N) is 1. The van der Waals surface area contributed by atoms with Gasteiger partial charge in [-0.1, -0.05) is 22.6 Å². The summed E-state index contributed by atoms with van der Waals surface area (Å²) in [6.07, 6.45) is 1.74. The summed E-state index contributed by atoms with van der Waals surface area (Å²) in [7, 11) is 9.54. The largest absolute Gasteiger partial charge is 0.369 e. The molecule has 0 unspecified atom stereocenters. The highest BCUT2D eigenvalue weighted by Crippen LogP contribution is 2.15. The Kier molecular flexibility index (Phi) is 5.06. The topological polar surface area (TPSA) is 85.9 Å². The van der Waals surface area contributed by atoms with Crippen LogP contribution in [0.3, 0.4) is 0 Å². The standard InChI is InChI=1S/C11H11BN4O2S2/c1-16-5-7(3-2-4-18-6-19-20-12)8-9(16)14-11(13)15-10(8)17/h5H,4,6H2,1H3,(H3,13,14,15,17). The second kappa shape index (κ2) is 6.79. The Morgan fingerprint density at radius 1 is 1.65 bits per heavy atom. The van der Waals surface area contributed by atoms with Crippen molar-refractivity contribution in [2.24, 2.45) is 7.05 Å². The number of nitrogens with one attached hydrogen (secondary N) is 1. The molecule has 0 aliphatic heterocycles. The Bertz CT molecular complexity index is 732. The minimum absolute atomic E-state index is 0.0860. The zero-order chi connectivity index (χ0) is 14.5. The van der Waals surface area contributed by atoms with Gasteiger partial charge in [-0.3, -0.25) is 9.78 Å². The first-order valence-corrected chi connectivity index (χ1v) is 7.91. The summed E-state index contributed by atoms with van der Waals surface area (Å²) < 4.78 is 6.94. The van der Waals surface area contributed by atoms with Gasteiger partial charge in [-0.05, 0) is 0 Å². The van der Waals surface area contributed by atoms with Gasteiger partial charge in [-0.2, -0.15) is 15.6 Å². The van der Waals surface area contributed by atoms with Crippen molar-refractivity contribution in [3.05, 3.63) is 22.1 Å². The Morgan fingerprint density at radius 3 is 3.20 bits per heavy atom. The van der Waals surface area contributed by atoms with Crippen LogP contribution in [0.15, 0.2) is 11.0 Å². The average Bonchev–Trinajstić information content (AvgIpc) is 2.71. The summed E-state index contributed by atoms with van der Waals surface area (Å²) in [5.74, 6) is 6.30. The summed E-state index contributed by atoms with van der Waals surface area (Å²) in [5, 5.41) is 0.432. The van der Waals surface area contributed by atoms with Gasteiger partial charge in [-0.25, -0.2) is 0 Å². The molecule has 0 aliphatic carbocycles. The van der Waals surface area contributed by atoms with Crippen molar-refractivity contribution in [3.8, 4) is 11.8 Å². The number of aryl methyl sites for hydroxylation is 1. The molecule has 0 aliphatic rings. The number of hydrogen-bond acceptors (Lipinski definition) is 6. The first-order chi connectivity index (χ1) is 9.63. The second-order valence-corrected chi connectivity index (χ2v) is 5.73. The van der Waals surface area contributed by atoms with E-state index < -0.39 is 0 Å². The highest BCUT2D eigenvalue weighted by Gasteiger charge is 2.10. The predicted octanol–water partition coefficient (Wildman–Crippen LogP) is 0.634. The number of H-pyrrole nitrogens is 1. The normalized spacial score (nSPS) is 10.4. The lowest BCUT2D eigenvalue weighted by molar-refractivity contribution is 0.223.